The van der Waals surface area contributed by atoms with Gasteiger partial charge in [0.1, 0.15) is 17.5 Å². The molecule has 3 heterocycles. The van der Waals surface area contributed by atoms with Gasteiger partial charge < -0.3 is 15.6 Å². The summed E-state index contributed by atoms with van der Waals surface area (Å²) in [4.78, 5) is 20.2. The van der Waals surface area contributed by atoms with Gasteiger partial charge in [0.05, 0.1) is 27.9 Å². The van der Waals surface area contributed by atoms with Gasteiger partial charge in [-0.3, -0.25) is 4.79 Å². The van der Waals surface area contributed by atoms with E-state index in [9.17, 15) is 10.1 Å². The summed E-state index contributed by atoms with van der Waals surface area (Å²) in [6.45, 7) is 7.75. The van der Waals surface area contributed by atoms with Crippen molar-refractivity contribution in [3.8, 4) is 6.07 Å². The smallest absolute Gasteiger partial charge is 0.251 e. The van der Waals surface area contributed by atoms with E-state index in [4.69, 9.17) is 5.10 Å². The Balaban J connectivity index is 1.85. The van der Waals surface area contributed by atoms with Crippen LogP contribution in [0.2, 0.25) is 0 Å². The monoisotopic (exact) mass is 443 g/mol. The second-order valence-corrected chi connectivity index (χ2v) is 8.26. The molecule has 0 aliphatic carbocycles. The Morgan fingerprint density at radius 3 is 2.88 bits per heavy atom. The Kier molecular flexibility index (Phi) is 6.71. The van der Waals surface area contributed by atoms with E-state index < -0.39 is 0 Å². The van der Waals surface area contributed by atoms with E-state index in [2.05, 4.69) is 33.6 Å². The maximum atomic E-state index is 12.6. The van der Waals surface area contributed by atoms with Crippen molar-refractivity contribution in [1.29, 1.82) is 5.26 Å². The molecule has 2 aromatic heterocycles. The molecule has 170 valence electrons. The van der Waals surface area contributed by atoms with Gasteiger partial charge in [0.25, 0.3) is 5.56 Å². The van der Waals surface area contributed by atoms with Crippen LogP contribution in [0.4, 0.5) is 5.69 Å². The van der Waals surface area contributed by atoms with Crippen molar-refractivity contribution in [3.63, 3.8) is 0 Å². The van der Waals surface area contributed by atoms with E-state index in [1.54, 1.807) is 18.4 Å². The number of H-pyrrole nitrogens is 1. The van der Waals surface area contributed by atoms with Gasteiger partial charge >= 0.3 is 0 Å². The summed E-state index contributed by atoms with van der Waals surface area (Å²) in [7, 11) is 0. The van der Waals surface area contributed by atoms with E-state index in [0.717, 1.165) is 60.2 Å². The van der Waals surface area contributed by atoms with Crippen molar-refractivity contribution in [3.05, 3.63) is 63.4 Å². The van der Waals surface area contributed by atoms with E-state index in [-0.39, 0.29) is 11.5 Å². The maximum Gasteiger partial charge on any atom is 0.251 e. The first-order valence-corrected chi connectivity index (χ1v) is 11.4. The van der Waals surface area contributed by atoms with Crippen molar-refractivity contribution in [1.82, 2.24) is 19.9 Å². The van der Waals surface area contributed by atoms with Gasteiger partial charge in [-0.25, -0.2) is 9.51 Å². The fourth-order valence-corrected chi connectivity index (χ4v) is 4.15. The zero-order chi connectivity index (χ0) is 23.4. The summed E-state index contributed by atoms with van der Waals surface area (Å²) < 4.78 is 1.89. The highest BCUT2D eigenvalue weighted by atomic mass is 16.1. The third kappa shape index (κ3) is 4.59. The minimum absolute atomic E-state index is 0.127. The highest BCUT2D eigenvalue weighted by molar-refractivity contribution is 6.02. The number of aromatic amines is 1. The van der Waals surface area contributed by atoms with Crippen LogP contribution >= 0.6 is 0 Å². The van der Waals surface area contributed by atoms with Gasteiger partial charge in [0, 0.05) is 18.2 Å². The van der Waals surface area contributed by atoms with Crippen LogP contribution < -0.4 is 16.2 Å². The minimum Gasteiger partial charge on any atom is -0.340 e. The van der Waals surface area contributed by atoms with Crippen molar-refractivity contribution < 1.29 is 0 Å². The average Bonchev–Trinajstić information content (AvgIpc) is 3.22. The molecule has 1 aliphatic heterocycles. The van der Waals surface area contributed by atoms with Crippen LogP contribution in [0, 0.1) is 11.3 Å². The third-order valence-corrected chi connectivity index (χ3v) is 6.18. The standard InChI is InChI=1S/C25H29N7O/c1-4-16(3)24(28-15-17(5-2)14-26)29-19-7-6-8-20-23(19)25-30-22(33)13-21(32(25)31-20)18-9-11-27-12-10-18/h5-8,13,15,18,27,29H,4,9-12H2,1-3H3,(H,30,33)/b17-5-,24-16-,28-15-. The number of nitrogens with zero attached hydrogens (tertiary/aromatic N) is 4. The van der Waals surface area contributed by atoms with Crippen LogP contribution in [0.15, 0.2) is 57.1 Å². The van der Waals surface area contributed by atoms with Gasteiger partial charge in [0.15, 0.2) is 0 Å². The van der Waals surface area contributed by atoms with Crippen LogP contribution in [0.25, 0.3) is 16.6 Å². The quantitative estimate of drug-likeness (QED) is 0.390. The average molecular weight is 444 g/mol. The predicted octanol–water partition coefficient (Wildman–Crippen LogP) is 4.24. The number of nitriles is 1. The molecule has 1 aromatic carbocycles. The summed E-state index contributed by atoms with van der Waals surface area (Å²) in [6.07, 6.45) is 6.04. The molecule has 4 rings (SSSR count). The molecule has 0 radical (unpaired) electrons. The van der Waals surface area contributed by atoms with E-state index >= 15 is 0 Å². The molecule has 3 aromatic rings. The van der Waals surface area contributed by atoms with Gasteiger partial charge in [-0.1, -0.05) is 19.1 Å². The lowest BCUT2D eigenvalue weighted by Crippen LogP contribution is -2.28. The number of rotatable bonds is 6. The van der Waals surface area contributed by atoms with Crippen LogP contribution in [0.1, 0.15) is 51.6 Å². The Bertz CT molecular complexity index is 1360. The van der Waals surface area contributed by atoms with Crippen LogP contribution in [0.5, 0.6) is 0 Å². The van der Waals surface area contributed by atoms with Crippen LogP contribution in [0.3, 0.4) is 0 Å². The molecule has 1 aliphatic rings. The molecule has 8 nitrogen and oxygen atoms in total. The summed E-state index contributed by atoms with van der Waals surface area (Å²) in [5.74, 6) is 0.963. The number of hydrogen-bond acceptors (Lipinski definition) is 6. The highest BCUT2D eigenvalue weighted by Gasteiger charge is 2.21. The first-order valence-electron chi connectivity index (χ1n) is 11.4. The first-order chi connectivity index (χ1) is 16.0. The van der Waals surface area contributed by atoms with Gasteiger partial charge in [0.2, 0.25) is 0 Å². The zero-order valence-electron chi connectivity index (χ0n) is 19.3. The van der Waals surface area contributed by atoms with Crippen molar-refractivity contribution in [2.45, 2.75) is 46.0 Å². The number of aromatic nitrogens is 3. The lowest BCUT2D eigenvalue weighted by Gasteiger charge is -2.23. The Labute approximate surface area is 192 Å². The Hall–Kier alpha value is -3.70. The fourth-order valence-electron chi connectivity index (χ4n) is 4.15. The second-order valence-electron chi connectivity index (χ2n) is 8.26. The maximum absolute atomic E-state index is 12.6. The lowest BCUT2D eigenvalue weighted by molar-refractivity contribution is 0.446. The molecule has 1 saturated heterocycles. The number of anilines is 1. The van der Waals surface area contributed by atoms with Gasteiger partial charge in [-0.05, 0) is 63.9 Å². The van der Waals surface area contributed by atoms with Gasteiger partial charge in [-0.15, -0.1) is 0 Å². The minimum atomic E-state index is -0.127. The molecule has 0 atom stereocenters. The third-order valence-electron chi connectivity index (χ3n) is 6.18. The highest BCUT2D eigenvalue weighted by Crippen LogP contribution is 2.31. The number of aliphatic imine (C=N–C) groups is 1. The molecule has 0 amide bonds. The molecule has 0 bridgehead atoms. The number of piperidine rings is 1. The fraction of sp³-hybridized carbons (Fsp3) is 0.360. The van der Waals surface area contributed by atoms with E-state index in [1.165, 1.54) is 0 Å². The van der Waals surface area contributed by atoms with Gasteiger partial charge in [-0.2, -0.15) is 10.4 Å². The normalized spacial score (nSPS) is 16.4. The molecule has 33 heavy (non-hydrogen) atoms. The number of fused-ring (bicyclic) bond motifs is 3. The van der Waals surface area contributed by atoms with Crippen molar-refractivity contribution in [2.24, 2.45) is 4.99 Å². The van der Waals surface area contributed by atoms with Crippen molar-refractivity contribution in [2.75, 3.05) is 18.4 Å². The summed E-state index contributed by atoms with van der Waals surface area (Å²) in [5, 5.41) is 21.7. The molecule has 3 N–H and O–H groups in total. The van der Waals surface area contributed by atoms with Crippen LogP contribution in [-0.4, -0.2) is 33.9 Å². The van der Waals surface area contributed by atoms with E-state index in [1.807, 2.05) is 36.6 Å². The second kappa shape index (κ2) is 9.84. The SMILES string of the molecule is C\C=C(C#N)/C=N\C(Nc1cccc2nn3c(C4CCNCC4)cc(=O)[nH]c3c12)=C(/C)CC. The van der Waals surface area contributed by atoms with E-state index in [0.29, 0.717) is 17.0 Å². The number of nitrogens with one attached hydrogen (secondary N) is 3. The summed E-state index contributed by atoms with van der Waals surface area (Å²) in [6, 6.07) is 9.65. The molecule has 0 saturated carbocycles. The summed E-state index contributed by atoms with van der Waals surface area (Å²) >= 11 is 0. The van der Waals surface area contributed by atoms with Crippen molar-refractivity contribution >= 4 is 28.5 Å². The zero-order valence-corrected chi connectivity index (χ0v) is 19.3. The summed E-state index contributed by atoms with van der Waals surface area (Å²) in [5.41, 5.74) is 4.64. The molecular weight excluding hydrogens is 414 g/mol. The molecule has 0 unspecified atom stereocenters. The predicted molar refractivity (Wildman–Crippen MR) is 133 cm³/mol. The topological polar surface area (TPSA) is 110 Å². The Morgan fingerprint density at radius 2 is 2.18 bits per heavy atom. The molecular formula is C25H29N7O. The molecule has 1 fully saturated rings. The number of allylic oxidation sites excluding steroid dienone is 3. The lowest BCUT2D eigenvalue weighted by atomic mass is 9.94. The molecule has 0 spiro atoms. The molecule has 8 heteroatoms. The first kappa shape index (κ1) is 22.5. The van der Waals surface area contributed by atoms with Crippen LogP contribution in [-0.2, 0) is 0 Å². The number of hydrogen-bond donors (Lipinski definition) is 3. The number of benzene rings is 1. The Morgan fingerprint density at radius 1 is 1.39 bits per heavy atom. The largest absolute Gasteiger partial charge is 0.340 e.